The number of hydrogen-bond acceptors (Lipinski definition) is 2. The minimum absolute atomic E-state index is 0.387. The average molecular weight is 665 g/mol. The first-order valence-electron chi connectivity index (χ1n) is 19.9. The predicted molar refractivity (Wildman–Crippen MR) is 210 cm³/mol. The van der Waals surface area contributed by atoms with Crippen molar-refractivity contribution >= 4 is 11.1 Å². The zero-order valence-corrected chi connectivity index (χ0v) is 29.6. The molecule has 0 spiro atoms. The van der Waals surface area contributed by atoms with Gasteiger partial charge in [0.15, 0.2) is 0 Å². The molecule has 1 saturated carbocycles. The number of benzene rings is 1. The summed E-state index contributed by atoms with van der Waals surface area (Å²) < 4.78 is 0. The van der Waals surface area contributed by atoms with Gasteiger partial charge in [0.25, 0.3) is 0 Å². The summed E-state index contributed by atoms with van der Waals surface area (Å²) in [6, 6.07) is 9.91. The Hall–Kier alpha value is -4.24. The predicted octanol–water partition coefficient (Wildman–Crippen LogP) is 8.55. The molecule has 2 fully saturated rings. The molecule has 7 unspecified atom stereocenters. The van der Waals surface area contributed by atoms with E-state index in [1.54, 1.807) is 55.7 Å². The number of nitrogens with zero attached hydrogens (tertiary/aromatic N) is 1. The molecular formula is C49H48N2. The fourth-order valence-corrected chi connectivity index (χ4v) is 11.7. The first kappa shape index (κ1) is 30.4. The molecule has 1 aromatic carbocycles. The largest absolute Gasteiger partial charge is 0.294 e. The molecule has 7 atom stereocenters. The van der Waals surface area contributed by atoms with Gasteiger partial charge in [-0.05, 0) is 112 Å². The second kappa shape index (κ2) is 12.2. The van der Waals surface area contributed by atoms with E-state index in [9.17, 15) is 0 Å². The van der Waals surface area contributed by atoms with Gasteiger partial charge in [-0.2, -0.15) is 0 Å². The normalized spacial score (nSPS) is 34.5. The van der Waals surface area contributed by atoms with Crippen LogP contribution in [0, 0.1) is 29.6 Å². The topological polar surface area (TPSA) is 15.3 Å². The van der Waals surface area contributed by atoms with E-state index in [2.05, 4.69) is 132 Å². The molecule has 0 aromatic heterocycles. The molecule has 51 heavy (non-hydrogen) atoms. The monoisotopic (exact) mass is 664 g/mol. The molecule has 0 radical (unpaired) electrons. The quantitative estimate of drug-likeness (QED) is 0.347. The maximum atomic E-state index is 4.16. The first-order valence-corrected chi connectivity index (χ1v) is 19.9. The summed E-state index contributed by atoms with van der Waals surface area (Å²) in [5.74, 6) is 2.11. The third-order valence-corrected chi connectivity index (χ3v) is 13.9. The van der Waals surface area contributed by atoms with Gasteiger partial charge >= 0.3 is 0 Å². The number of rotatable bonds is 4. The van der Waals surface area contributed by atoms with Crippen LogP contribution in [0.25, 0.3) is 11.1 Å². The lowest BCUT2D eigenvalue weighted by Gasteiger charge is -2.35. The third-order valence-electron chi connectivity index (χ3n) is 13.9. The van der Waals surface area contributed by atoms with Crippen molar-refractivity contribution in [3.8, 4) is 0 Å². The SMILES string of the molecule is C1=CCCC(C2=c3ccccc3=C(C3=CC=CCC3)C3C4=CC=C(C5=CC=CC(C6CN7CCC8=C(CCC=C8)C7N6)C5)C5C=CC=C(C45)C23)=C1. The highest BCUT2D eigenvalue weighted by atomic mass is 15.3. The molecule has 1 N–H and O–H groups in total. The van der Waals surface area contributed by atoms with Crippen molar-refractivity contribution < 1.29 is 0 Å². The van der Waals surface area contributed by atoms with Gasteiger partial charge in [0.2, 0.25) is 0 Å². The first-order chi connectivity index (χ1) is 25.3. The van der Waals surface area contributed by atoms with Gasteiger partial charge in [-0.15, -0.1) is 0 Å². The van der Waals surface area contributed by atoms with Crippen LogP contribution < -0.4 is 15.8 Å². The molecule has 2 nitrogen and oxygen atoms in total. The summed E-state index contributed by atoms with van der Waals surface area (Å²) in [7, 11) is 0. The number of nitrogens with one attached hydrogen (secondary N) is 1. The lowest BCUT2D eigenvalue weighted by atomic mass is 9.69. The van der Waals surface area contributed by atoms with Crippen molar-refractivity contribution in [2.75, 3.05) is 13.1 Å². The van der Waals surface area contributed by atoms with Crippen molar-refractivity contribution in [1.82, 2.24) is 10.2 Å². The van der Waals surface area contributed by atoms with E-state index >= 15 is 0 Å². The highest BCUT2D eigenvalue weighted by Gasteiger charge is 2.52. The van der Waals surface area contributed by atoms with Crippen LogP contribution in [0.3, 0.4) is 0 Å². The van der Waals surface area contributed by atoms with Gasteiger partial charge in [0.05, 0.1) is 6.17 Å². The fraction of sp³-hybridized carbons (Fsp3) is 0.347. The molecule has 2 heteroatoms. The van der Waals surface area contributed by atoms with Crippen molar-refractivity contribution in [2.45, 2.75) is 63.6 Å². The number of fused-ring (bicyclic) bond motifs is 6. The minimum atomic E-state index is 0.387. The van der Waals surface area contributed by atoms with Crippen molar-refractivity contribution in [3.05, 3.63) is 177 Å². The maximum Gasteiger partial charge on any atom is 0.0829 e. The van der Waals surface area contributed by atoms with Gasteiger partial charge < -0.3 is 0 Å². The van der Waals surface area contributed by atoms with E-state index in [-0.39, 0.29) is 0 Å². The standard InChI is InChI=1S/C49H48N2/c1-3-14-32(15-4-1)44-39-21-9-10-22-40(39)45(33-16-5-2-6-17-33)48-42-26-25-36(38-23-12-24-41(46(38)42)47(44)48)34-18-11-19-35(29-34)43-30-51-28-27-31-13-7-8-20-37(31)49(51)50-43/h1-3,5,7,9-14,16,18-19,21-26,35,38,43,46-50H,4,6,8,15,17,20,27-30H2. The van der Waals surface area contributed by atoms with Gasteiger partial charge in [0, 0.05) is 42.8 Å². The fourth-order valence-electron chi connectivity index (χ4n) is 11.7. The van der Waals surface area contributed by atoms with Crippen molar-refractivity contribution in [3.63, 3.8) is 0 Å². The zero-order chi connectivity index (χ0) is 33.5. The molecule has 8 aliphatic carbocycles. The van der Waals surface area contributed by atoms with Crippen LogP contribution in [0.2, 0.25) is 0 Å². The Morgan fingerprint density at radius 3 is 2.08 bits per heavy atom. The summed E-state index contributed by atoms with van der Waals surface area (Å²) in [6.45, 7) is 2.34. The number of allylic oxidation sites excluding steroid dienone is 21. The van der Waals surface area contributed by atoms with Crippen LogP contribution in [0.5, 0.6) is 0 Å². The molecule has 11 rings (SSSR count). The van der Waals surface area contributed by atoms with Gasteiger partial charge in [-0.3, -0.25) is 10.2 Å². The molecule has 254 valence electrons. The van der Waals surface area contributed by atoms with E-state index in [1.165, 1.54) is 36.2 Å². The second-order valence-corrected chi connectivity index (χ2v) is 16.3. The summed E-state index contributed by atoms with van der Waals surface area (Å²) in [5, 5.41) is 7.10. The summed E-state index contributed by atoms with van der Waals surface area (Å²) in [4.78, 5) is 2.74. The minimum Gasteiger partial charge on any atom is -0.294 e. The van der Waals surface area contributed by atoms with Crippen LogP contribution >= 0.6 is 0 Å². The van der Waals surface area contributed by atoms with Crippen molar-refractivity contribution in [1.29, 1.82) is 0 Å². The summed E-state index contributed by atoms with van der Waals surface area (Å²) in [6.07, 6.45) is 48.7. The molecule has 0 bridgehead atoms. The Kier molecular flexibility index (Phi) is 7.26. The molecular weight excluding hydrogens is 617 g/mol. The van der Waals surface area contributed by atoms with E-state index in [1.807, 2.05) is 0 Å². The molecule has 2 aliphatic heterocycles. The third kappa shape index (κ3) is 4.75. The van der Waals surface area contributed by atoms with E-state index < -0.39 is 0 Å². The molecule has 10 aliphatic rings. The maximum absolute atomic E-state index is 4.16. The lowest BCUT2D eigenvalue weighted by Crippen LogP contribution is -2.43. The Labute approximate surface area is 303 Å². The lowest BCUT2D eigenvalue weighted by molar-refractivity contribution is 0.251. The molecule has 1 saturated heterocycles. The Morgan fingerprint density at radius 2 is 1.33 bits per heavy atom. The molecule has 1 aromatic rings. The van der Waals surface area contributed by atoms with Crippen LogP contribution in [0.1, 0.15) is 51.4 Å². The highest BCUT2D eigenvalue weighted by Crippen LogP contribution is 2.62. The van der Waals surface area contributed by atoms with E-state index in [4.69, 9.17) is 0 Å². The van der Waals surface area contributed by atoms with E-state index in [0.717, 1.165) is 38.6 Å². The molecule has 0 amide bonds. The van der Waals surface area contributed by atoms with Crippen LogP contribution in [-0.2, 0) is 0 Å². The highest BCUT2D eigenvalue weighted by molar-refractivity contribution is 5.85. The van der Waals surface area contributed by atoms with Crippen LogP contribution in [0.15, 0.2) is 166 Å². The van der Waals surface area contributed by atoms with Gasteiger partial charge in [-0.1, -0.05) is 133 Å². The van der Waals surface area contributed by atoms with Crippen LogP contribution in [0.4, 0.5) is 0 Å². The smallest absolute Gasteiger partial charge is 0.0829 e. The second-order valence-electron chi connectivity index (χ2n) is 16.3. The number of hydrogen-bond donors (Lipinski definition) is 1. The van der Waals surface area contributed by atoms with Gasteiger partial charge in [0.1, 0.15) is 0 Å². The Balaban J connectivity index is 0.973. The Bertz CT molecular complexity index is 2230. The van der Waals surface area contributed by atoms with E-state index in [0.29, 0.717) is 41.8 Å². The van der Waals surface area contributed by atoms with Crippen molar-refractivity contribution in [2.24, 2.45) is 29.6 Å². The van der Waals surface area contributed by atoms with Crippen LogP contribution in [-0.4, -0.2) is 30.2 Å². The average Bonchev–Trinajstić information content (AvgIpc) is 3.79. The summed E-state index contributed by atoms with van der Waals surface area (Å²) in [5.41, 5.74) is 16.0. The Morgan fingerprint density at radius 1 is 0.627 bits per heavy atom. The zero-order valence-electron chi connectivity index (χ0n) is 29.6. The summed E-state index contributed by atoms with van der Waals surface area (Å²) >= 11 is 0. The molecule has 2 heterocycles. The van der Waals surface area contributed by atoms with Gasteiger partial charge in [-0.25, -0.2) is 0 Å².